The smallest absolute Gasteiger partial charge is 0.274 e. The lowest BCUT2D eigenvalue weighted by atomic mass is 10.1. The number of hydrogen-bond acceptors (Lipinski definition) is 5. The predicted octanol–water partition coefficient (Wildman–Crippen LogP) is 1.07. The summed E-state index contributed by atoms with van der Waals surface area (Å²) in [6.45, 7) is 2.34. The first-order valence-corrected chi connectivity index (χ1v) is 5.93. The zero-order valence-electron chi connectivity index (χ0n) is 10.7. The number of rotatable bonds is 7. The van der Waals surface area contributed by atoms with E-state index >= 15 is 0 Å². The molecular formula is C12H17N3O4. The van der Waals surface area contributed by atoms with Gasteiger partial charge in [0.15, 0.2) is 0 Å². The molecule has 1 amide bonds. The molecule has 0 spiro atoms. The van der Waals surface area contributed by atoms with Crippen LogP contribution in [0, 0.1) is 10.1 Å². The minimum absolute atomic E-state index is 0.00294. The average Bonchev–Trinajstić information content (AvgIpc) is 2.39. The van der Waals surface area contributed by atoms with Gasteiger partial charge in [0.25, 0.3) is 5.69 Å². The Kier molecular flexibility index (Phi) is 5.91. The van der Waals surface area contributed by atoms with Crippen LogP contribution in [0.5, 0.6) is 0 Å². The predicted molar refractivity (Wildman–Crippen MR) is 71.0 cm³/mol. The second-order valence-electron chi connectivity index (χ2n) is 3.84. The van der Waals surface area contributed by atoms with E-state index in [0.29, 0.717) is 30.8 Å². The molecule has 7 nitrogen and oxygen atoms in total. The van der Waals surface area contributed by atoms with E-state index in [0.717, 1.165) is 0 Å². The Labute approximate surface area is 110 Å². The van der Waals surface area contributed by atoms with Crippen molar-refractivity contribution < 1.29 is 14.5 Å². The number of nitrogens with zero attached hydrogens (tertiary/aromatic N) is 1. The number of nitro groups is 1. The maximum absolute atomic E-state index is 11.5. The first-order chi connectivity index (χ1) is 9.08. The fourth-order valence-corrected chi connectivity index (χ4v) is 1.56. The van der Waals surface area contributed by atoms with Crippen molar-refractivity contribution >= 4 is 17.3 Å². The van der Waals surface area contributed by atoms with Gasteiger partial charge in [-0.1, -0.05) is 13.0 Å². The van der Waals surface area contributed by atoms with Crippen molar-refractivity contribution in [3.63, 3.8) is 0 Å². The SMILES string of the molecule is CCc1ccc(NC(=O)COCCN)cc1[N+](=O)[O-]. The number of hydrogen-bond donors (Lipinski definition) is 2. The second-order valence-corrected chi connectivity index (χ2v) is 3.84. The Hall–Kier alpha value is -1.99. The van der Waals surface area contributed by atoms with Gasteiger partial charge in [0.2, 0.25) is 5.91 Å². The molecular weight excluding hydrogens is 250 g/mol. The van der Waals surface area contributed by atoms with E-state index < -0.39 is 4.92 Å². The molecule has 0 saturated carbocycles. The normalized spacial score (nSPS) is 10.2. The molecule has 1 aromatic carbocycles. The summed E-state index contributed by atoms with van der Waals surface area (Å²) >= 11 is 0. The van der Waals surface area contributed by atoms with Crippen molar-refractivity contribution in [3.8, 4) is 0 Å². The summed E-state index contributed by atoms with van der Waals surface area (Å²) in [7, 11) is 0. The van der Waals surface area contributed by atoms with Crippen molar-refractivity contribution in [3.05, 3.63) is 33.9 Å². The number of carbonyl (C=O) groups is 1. The number of nitrogens with two attached hydrogens (primary N) is 1. The number of carbonyl (C=O) groups excluding carboxylic acids is 1. The Morgan fingerprint density at radius 1 is 1.53 bits per heavy atom. The van der Waals surface area contributed by atoms with Crippen LogP contribution in [0.2, 0.25) is 0 Å². The van der Waals surface area contributed by atoms with Crippen LogP contribution in [0.4, 0.5) is 11.4 Å². The molecule has 7 heteroatoms. The summed E-state index contributed by atoms with van der Waals surface area (Å²) < 4.78 is 4.97. The van der Waals surface area contributed by atoms with Crippen molar-refractivity contribution in [2.24, 2.45) is 5.73 Å². The Balaban J connectivity index is 2.71. The molecule has 0 fully saturated rings. The molecule has 0 aliphatic rings. The topological polar surface area (TPSA) is 107 Å². The standard InChI is InChI=1S/C12H17N3O4/c1-2-9-3-4-10(7-11(9)15(17)18)14-12(16)8-19-6-5-13/h3-4,7H,2,5-6,8,13H2,1H3,(H,14,16). The van der Waals surface area contributed by atoms with Crippen LogP contribution >= 0.6 is 0 Å². The third-order valence-corrected chi connectivity index (χ3v) is 2.44. The average molecular weight is 267 g/mol. The van der Waals surface area contributed by atoms with Gasteiger partial charge < -0.3 is 15.8 Å². The molecule has 0 aromatic heterocycles. The van der Waals surface area contributed by atoms with Gasteiger partial charge in [-0.25, -0.2) is 0 Å². The molecule has 0 bridgehead atoms. The van der Waals surface area contributed by atoms with Gasteiger partial charge >= 0.3 is 0 Å². The molecule has 0 atom stereocenters. The lowest BCUT2D eigenvalue weighted by Crippen LogP contribution is -2.20. The largest absolute Gasteiger partial charge is 0.370 e. The third-order valence-electron chi connectivity index (χ3n) is 2.44. The van der Waals surface area contributed by atoms with E-state index in [1.54, 1.807) is 12.1 Å². The van der Waals surface area contributed by atoms with Gasteiger partial charge in [-0.3, -0.25) is 14.9 Å². The molecule has 0 aliphatic heterocycles. The van der Waals surface area contributed by atoms with E-state index in [9.17, 15) is 14.9 Å². The van der Waals surface area contributed by atoms with Crippen molar-refractivity contribution in [2.75, 3.05) is 25.1 Å². The molecule has 19 heavy (non-hydrogen) atoms. The van der Waals surface area contributed by atoms with Crippen LogP contribution in [-0.2, 0) is 16.0 Å². The maximum atomic E-state index is 11.5. The second kappa shape index (κ2) is 7.45. The quantitative estimate of drug-likeness (QED) is 0.436. The molecule has 0 radical (unpaired) electrons. The lowest BCUT2D eigenvalue weighted by molar-refractivity contribution is -0.385. The Bertz CT molecular complexity index is 462. The van der Waals surface area contributed by atoms with Gasteiger partial charge in [-0.15, -0.1) is 0 Å². The monoisotopic (exact) mass is 267 g/mol. The summed E-state index contributed by atoms with van der Waals surface area (Å²) in [5.41, 5.74) is 6.23. The first kappa shape index (κ1) is 15.1. The summed E-state index contributed by atoms with van der Waals surface area (Å²) in [5, 5.41) is 13.4. The number of nitrogens with one attached hydrogen (secondary N) is 1. The summed E-state index contributed by atoms with van der Waals surface area (Å²) in [5.74, 6) is -0.369. The van der Waals surface area contributed by atoms with E-state index in [4.69, 9.17) is 10.5 Å². The Morgan fingerprint density at radius 2 is 2.26 bits per heavy atom. The van der Waals surface area contributed by atoms with E-state index in [1.165, 1.54) is 6.07 Å². The van der Waals surface area contributed by atoms with Crippen LogP contribution in [0.15, 0.2) is 18.2 Å². The number of amides is 1. The lowest BCUT2D eigenvalue weighted by Gasteiger charge is -2.07. The van der Waals surface area contributed by atoms with Crippen molar-refractivity contribution in [1.29, 1.82) is 0 Å². The zero-order valence-corrected chi connectivity index (χ0v) is 10.7. The van der Waals surface area contributed by atoms with Crippen LogP contribution in [0.25, 0.3) is 0 Å². The highest BCUT2D eigenvalue weighted by Crippen LogP contribution is 2.23. The molecule has 0 aliphatic carbocycles. The number of nitro benzene ring substituents is 1. The van der Waals surface area contributed by atoms with Gasteiger partial charge in [-0.2, -0.15) is 0 Å². The molecule has 1 aromatic rings. The highest BCUT2D eigenvalue weighted by Gasteiger charge is 2.14. The first-order valence-electron chi connectivity index (χ1n) is 5.93. The summed E-state index contributed by atoms with van der Waals surface area (Å²) in [4.78, 5) is 21.9. The van der Waals surface area contributed by atoms with Crippen LogP contribution < -0.4 is 11.1 Å². The van der Waals surface area contributed by atoms with E-state index in [1.807, 2.05) is 6.92 Å². The zero-order chi connectivity index (χ0) is 14.3. The van der Waals surface area contributed by atoms with Gasteiger partial charge in [0, 0.05) is 23.9 Å². The van der Waals surface area contributed by atoms with Crippen molar-refractivity contribution in [2.45, 2.75) is 13.3 Å². The number of benzene rings is 1. The molecule has 0 saturated heterocycles. The minimum Gasteiger partial charge on any atom is -0.370 e. The van der Waals surface area contributed by atoms with E-state index in [2.05, 4.69) is 5.32 Å². The van der Waals surface area contributed by atoms with Gasteiger partial charge in [0.1, 0.15) is 6.61 Å². The molecule has 0 unspecified atom stereocenters. The number of anilines is 1. The minimum atomic E-state index is -0.459. The summed E-state index contributed by atoms with van der Waals surface area (Å²) in [6.07, 6.45) is 0.560. The highest BCUT2D eigenvalue weighted by molar-refractivity contribution is 5.92. The summed E-state index contributed by atoms with van der Waals surface area (Å²) in [6, 6.07) is 4.61. The fourth-order valence-electron chi connectivity index (χ4n) is 1.56. The van der Waals surface area contributed by atoms with Crippen LogP contribution in [0.3, 0.4) is 0 Å². The van der Waals surface area contributed by atoms with Crippen LogP contribution in [0.1, 0.15) is 12.5 Å². The molecule has 1 rings (SSSR count). The number of ether oxygens (including phenoxy) is 1. The van der Waals surface area contributed by atoms with Crippen molar-refractivity contribution in [1.82, 2.24) is 0 Å². The number of aryl methyl sites for hydroxylation is 1. The Morgan fingerprint density at radius 3 is 2.84 bits per heavy atom. The fraction of sp³-hybridized carbons (Fsp3) is 0.417. The maximum Gasteiger partial charge on any atom is 0.274 e. The molecule has 3 N–H and O–H groups in total. The van der Waals surface area contributed by atoms with Gasteiger partial charge in [0.05, 0.1) is 11.5 Å². The third kappa shape index (κ3) is 4.65. The van der Waals surface area contributed by atoms with E-state index in [-0.39, 0.29) is 18.2 Å². The highest BCUT2D eigenvalue weighted by atomic mass is 16.6. The molecule has 104 valence electrons. The molecule has 0 heterocycles. The van der Waals surface area contributed by atoms with Crippen LogP contribution in [-0.4, -0.2) is 30.6 Å². The van der Waals surface area contributed by atoms with Gasteiger partial charge in [-0.05, 0) is 12.5 Å².